The summed E-state index contributed by atoms with van der Waals surface area (Å²) in [5.41, 5.74) is 2.54. The number of carbonyl (C=O) groups excluding carboxylic acids is 1. The van der Waals surface area contributed by atoms with Gasteiger partial charge in [-0.3, -0.25) is 14.6 Å². The van der Waals surface area contributed by atoms with Crippen LogP contribution in [0.2, 0.25) is 5.02 Å². The Kier molecular flexibility index (Phi) is 4.87. The summed E-state index contributed by atoms with van der Waals surface area (Å²) in [7, 11) is 0. The van der Waals surface area contributed by atoms with Crippen LogP contribution in [0.5, 0.6) is 0 Å². The number of aromatic amines is 1. The van der Waals surface area contributed by atoms with E-state index < -0.39 is 5.56 Å². The minimum Gasteiger partial charge on any atom is -0.321 e. The highest BCUT2D eigenvalue weighted by Crippen LogP contribution is 2.30. The van der Waals surface area contributed by atoms with E-state index in [0.29, 0.717) is 16.1 Å². The van der Waals surface area contributed by atoms with Gasteiger partial charge in [0, 0.05) is 33.9 Å². The molecule has 1 N–H and O–H groups in total. The predicted octanol–water partition coefficient (Wildman–Crippen LogP) is 5.14. The van der Waals surface area contributed by atoms with Gasteiger partial charge >= 0.3 is 0 Å². The van der Waals surface area contributed by atoms with E-state index >= 15 is 0 Å². The number of halogens is 1. The first kappa shape index (κ1) is 17.9. The highest BCUT2D eigenvalue weighted by Gasteiger charge is 2.19. The molecule has 4 rings (SSSR count). The molecule has 4 nitrogen and oxygen atoms in total. The molecule has 0 saturated carbocycles. The zero-order valence-corrected chi connectivity index (χ0v) is 15.5. The SMILES string of the molecule is O=C(/C=C/c1ccncc1)c1c(-c2ccc(Cl)cc2)c2ccccc2[nH]c1=O. The summed E-state index contributed by atoms with van der Waals surface area (Å²) < 4.78 is 0. The average Bonchev–Trinajstić information content (AvgIpc) is 2.72. The average molecular weight is 387 g/mol. The van der Waals surface area contributed by atoms with Gasteiger partial charge in [-0.1, -0.05) is 48.0 Å². The monoisotopic (exact) mass is 386 g/mol. The second-order valence-electron chi connectivity index (χ2n) is 6.23. The molecule has 2 aromatic carbocycles. The predicted molar refractivity (Wildman–Crippen MR) is 113 cm³/mol. The summed E-state index contributed by atoms with van der Waals surface area (Å²) >= 11 is 6.02. The second-order valence-corrected chi connectivity index (χ2v) is 6.67. The first-order chi connectivity index (χ1) is 13.6. The Morgan fingerprint density at radius 1 is 0.964 bits per heavy atom. The molecule has 2 aromatic heterocycles. The molecule has 0 atom stereocenters. The van der Waals surface area contributed by atoms with Crippen LogP contribution in [0.25, 0.3) is 28.1 Å². The van der Waals surface area contributed by atoms with Crippen molar-refractivity contribution in [2.45, 2.75) is 0 Å². The van der Waals surface area contributed by atoms with Crippen molar-refractivity contribution in [2.75, 3.05) is 0 Å². The largest absolute Gasteiger partial charge is 0.321 e. The second kappa shape index (κ2) is 7.62. The number of hydrogen-bond acceptors (Lipinski definition) is 3. The van der Waals surface area contributed by atoms with Crippen molar-refractivity contribution in [3.8, 4) is 11.1 Å². The van der Waals surface area contributed by atoms with Crippen LogP contribution >= 0.6 is 11.6 Å². The van der Waals surface area contributed by atoms with Crippen molar-refractivity contribution in [3.05, 3.63) is 106 Å². The molecule has 0 aliphatic carbocycles. The van der Waals surface area contributed by atoms with Crippen LogP contribution in [0.1, 0.15) is 15.9 Å². The smallest absolute Gasteiger partial charge is 0.260 e. The van der Waals surface area contributed by atoms with E-state index in [4.69, 9.17) is 11.6 Å². The number of hydrogen-bond donors (Lipinski definition) is 1. The van der Waals surface area contributed by atoms with Crippen LogP contribution in [0.15, 0.2) is 83.9 Å². The van der Waals surface area contributed by atoms with E-state index in [1.807, 2.05) is 36.4 Å². The van der Waals surface area contributed by atoms with Gasteiger partial charge in [0.1, 0.15) is 0 Å². The zero-order chi connectivity index (χ0) is 19.5. The molecular weight excluding hydrogens is 372 g/mol. The number of nitrogens with zero attached hydrogens (tertiary/aromatic N) is 1. The van der Waals surface area contributed by atoms with Crippen molar-refractivity contribution in [3.63, 3.8) is 0 Å². The van der Waals surface area contributed by atoms with Crippen LogP contribution in [0.4, 0.5) is 0 Å². The van der Waals surface area contributed by atoms with Gasteiger partial charge in [0.15, 0.2) is 5.78 Å². The molecule has 5 heteroatoms. The number of nitrogens with one attached hydrogen (secondary N) is 1. The van der Waals surface area contributed by atoms with Crippen molar-refractivity contribution < 1.29 is 4.79 Å². The Bertz CT molecular complexity index is 1240. The molecule has 0 aliphatic rings. The summed E-state index contributed by atoms with van der Waals surface area (Å²) in [5.74, 6) is -0.367. The third kappa shape index (κ3) is 3.50. The molecule has 0 fully saturated rings. The van der Waals surface area contributed by atoms with E-state index in [-0.39, 0.29) is 11.3 Å². The van der Waals surface area contributed by atoms with Gasteiger partial charge in [-0.25, -0.2) is 0 Å². The number of fused-ring (bicyclic) bond motifs is 1. The lowest BCUT2D eigenvalue weighted by Crippen LogP contribution is -2.18. The highest BCUT2D eigenvalue weighted by molar-refractivity contribution is 6.30. The minimum atomic E-state index is -0.423. The molecule has 0 amide bonds. The fourth-order valence-electron chi connectivity index (χ4n) is 3.12. The van der Waals surface area contributed by atoms with Gasteiger partial charge in [0.2, 0.25) is 0 Å². The summed E-state index contributed by atoms with van der Waals surface area (Å²) in [4.78, 5) is 32.6. The molecular formula is C23H15ClN2O2. The number of allylic oxidation sites excluding steroid dienone is 1. The van der Waals surface area contributed by atoms with E-state index in [1.54, 1.807) is 42.7 Å². The Hall–Kier alpha value is -3.50. The molecule has 0 aliphatic heterocycles. The molecule has 0 radical (unpaired) electrons. The fraction of sp³-hybridized carbons (Fsp3) is 0. The number of carbonyl (C=O) groups is 1. The van der Waals surface area contributed by atoms with Crippen LogP contribution in [0.3, 0.4) is 0 Å². The quantitative estimate of drug-likeness (QED) is 0.390. The zero-order valence-electron chi connectivity index (χ0n) is 14.7. The van der Waals surface area contributed by atoms with E-state index in [1.165, 1.54) is 6.08 Å². The molecule has 136 valence electrons. The lowest BCUT2D eigenvalue weighted by molar-refractivity contribution is 0.104. The maximum atomic E-state index is 13.0. The summed E-state index contributed by atoms with van der Waals surface area (Å²) in [6, 6.07) is 18.1. The molecule has 4 aromatic rings. The molecule has 0 unspecified atom stereocenters. The molecule has 28 heavy (non-hydrogen) atoms. The summed E-state index contributed by atoms with van der Waals surface area (Å²) in [6.45, 7) is 0. The van der Waals surface area contributed by atoms with Crippen LogP contribution in [0, 0.1) is 0 Å². The Balaban J connectivity index is 1.92. The number of H-pyrrole nitrogens is 1. The lowest BCUT2D eigenvalue weighted by atomic mass is 9.94. The number of aromatic nitrogens is 2. The number of rotatable bonds is 4. The van der Waals surface area contributed by atoms with Gasteiger partial charge < -0.3 is 4.98 Å². The maximum absolute atomic E-state index is 13.0. The molecule has 0 saturated heterocycles. The van der Waals surface area contributed by atoms with Gasteiger partial charge in [0.05, 0.1) is 5.56 Å². The number of ketones is 1. The number of para-hydroxylation sites is 1. The Labute approximate surface area is 166 Å². The number of benzene rings is 2. The van der Waals surface area contributed by atoms with Crippen LogP contribution in [-0.2, 0) is 0 Å². The van der Waals surface area contributed by atoms with Gasteiger partial charge in [-0.15, -0.1) is 0 Å². The van der Waals surface area contributed by atoms with Crippen molar-refractivity contribution >= 4 is 34.4 Å². The van der Waals surface area contributed by atoms with Gasteiger partial charge in [-0.2, -0.15) is 0 Å². The van der Waals surface area contributed by atoms with Gasteiger partial charge in [-0.05, 0) is 47.5 Å². The highest BCUT2D eigenvalue weighted by atomic mass is 35.5. The Morgan fingerprint density at radius 2 is 1.68 bits per heavy atom. The standard InChI is InChI=1S/C23H15ClN2O2/c24-17-8-6-16(7-9-17)21-18-3-1-2-4-19(18)26-23(28)22(21)20(27)10-5-15-11-13-25-14-12-15/h1-14H,(H,26,28)/b10-5+. The first-order valence-electron chi connectivity index (χ1n) is 8.67. The van der Waals surface area contributed by atoms with Crippen LogP contribution < -0.4 is 5.56 Å². The maximum Gasteiger partial charge on any atom is 0.260 e. The molecule has 0 bridgehead atoms. The van der Waals surface area contributed by atoms with Crippen molar-refractivity contribution in [1.29, 1.82) is 0 Å². The Morgan fingerprint density at radius 3 is 2.43 bits per heavy atom. The first-order valence-corrected chi connectivity index (χ1v) is 9.05. The normalized spacial score (nSPS) is 11.2. The lowest BCUT2D eigenvalue weighted by Gasteiger charge is -2.11. The van der Waals surface area contributed by atoms with Crippen molar-refractivity contribution in [2.24, 2.45) is 0 Å². The minimum absolute atomic E-state index is 0.103. The summed E-state index contributed by atoms with van der Waals surface area (Å²) in [5, 5.41) is 1.38. The van der Waals surface area contributed by atoms with Crippen molar-refractivity contribution in [1.82, 2.24) is 9.97 Å². The van der Waals surface area contributed by atoms with E-state index in [0.717, 1.165) is 16.5 Å². The van der Waals surface area contributed by atoms with E-state index in [9.17, 15) is 9.59 Å². The van der Waals surface area contributed by atoms with E-state index in [2.05, 4.69) is 9.97 Å². The number of pyridine rings is 2. The van der Waals surface area contributed by atoms with Crippen LogP contribution in [-0.4, -0.2) is 15.8 Å². The molecule has 2 heterocycles. The topological polar surface area (TPSA) is 62.8 Å². The fourth-order valence-corrected chi connectivity index (χ4v) is 3.25. The van der Waals surface area contributed by atoms with Gasteiger partial charge in [0.25, 0.3) is 5.56 Å². The third-order valence-corrected chi connectivity index (χ3v) is 4.69. The molecule has 0 spiro atoms. The summed E-state index contributed by atoms with van der Waals surface area (Å²) in [6.07, 6.45) is 6.37. The third-order valence-electron chi connectivity index (χ3n) is 4.43.